The van der Waals surface area contributed by atoms with E-state index in [0.717, 1.165) is 20.6 Å². The van der Waals surface area contributed by atoms with Gasteiger partial charge in [-0.2, -0.15) is 0 Å². The van der Waals surface area contributed by atoms with Gasteiger partial charge in [0.25, 0.3) is 5.56 Å². The van der Waals surface area contributed by atoms with Crippen molar-refractivity contribution in [2.45, 2.75) is 39.8 Å². The summed E-state index contributed by atoms with van der Waals surface area (Å²) in [6, 6.07) is 15.9. The maximum atomic E-state index is 13.2. The number of rotatable bonds is 6. The van der Waals surface area contributed by atoms with Crippen LogP contribution in [0.4, 0.5) is 5.69 Å². The van der Waals surface area contributed by atoms with Crippen LogP contribution in [0.2, 0.25) is 0 Å². The molecule has 0 radical (unpaired) electrons. The molecule has 0 saturated heterocycles. The summed E-state index contributed by atoms with van der Waals surface area (Å²) in [6.45, 7) is 7.39. The topological polar surface area (TPSA) is 50.2 Å². The zero-order valence-electron chi connectivity index (χ0n) is 16.9. The number of aromatic nitrogens is 2. The smallest absolute Gasteiger partial charge is 0.261 e. The number of anilines is 1. The van der Waals surface area contributed by atoms with E-state index in [-0.39, 0.29) is 11.6 Å². The van der Waals surface area contributed by atoms with Gasteiger partial charge in [-0.25, -0.2) is 4.98 Å². The van der Waals surface area contributed by atoms with Crippen LogP contribution < -0.4 is 10.9 Å². The fourth-order valence-electron chi connectivity index (χ4n) is 3.26. The van der Waals surface area contributed by atoms with Gasteiger partial charge >= 0.3 is 0 Å². The van der Waals surface area contributed by atoms with E-state index in [9.17, 15) is 4.79 Å². The standard InChI is InChI=1S/C22H25IN4OS/c1-4-20-25-19-11-10-16(23)14-18(19)21(28)27(20)13-12-26(15(2)3)22(29)24-17-8-6-5-7-9-17/h5-11,14-15H,4,12-13H2,1-3H3,(H,24,29). The van der Waals surface area contributed by atoms with Gasteiger partial charge in [-0.1, -0.05) is 25.1 Å². The van der Waals surface area contributed by atoms with Gasteiger partial charge in [-0.3, -0.25) is 9.36 Å². The van der Waals surface area contributed by atoms with Crippen molar-refractivity contribution < 1.29 is 0 Å². The minimum Gasteiger partial charge on any atom is -0.345 e. The molecule has 29 heavy (non-hydrogen) atoms. The van der Waals surface area contributed by atoms with Gasteiger partial charge in [0.1, 0.15) is 5.82 Å². The predicted octanol–water partition coefficient (Wildman–Crippen LogP) is 4.67. The Morgan fingerprint density at radius 2 is 1.97 bits per heavy atom. The number of hydrogen-bond donors (Lipinski definition) is 1. The molecular formula is C22H25IN4OS. The van der Waals surface area contributed by atoms with Crippen LogP contribution >= 0.6 is 34.8 Å². The molecule has 0 fully saturated rings. The van der Waals surface area contributed by atoms with Gasteiger partial charge in [0, 0.05) is 34.8 Å². The molecule has 0 aliphatic carbocycles. The van der Waals surface area contributed by atoms with Crippen LogP contribution in [0.3, 0.4) is 0 Å². The first-order chi connectivity index (χ1) is 13.9. The second kappa shape index (κ2) is 9.67. The van der Waals surface area contributed by atoms with E-state index < -0.39 is 0 Å². The third-order valence-corrected chi connectivity index (χ3v) is 5.79. The Morgan fingerprint density at radius 3 is 2.62 bits per heavy atom. The maximum Gasteiger partial charge on any atom is 0.261 e. The number of benzene rings is 2. The lowest BCUT2D eigenvalue weighted by atomic mass is 10.2. The predicted molar refractivity (Wildman–Crippen MR) is 133 cm³/mol. The summed E-state index contributed by atoms with van der Waals surface area (Å²) < 4.78 is 2.82. The number of fused-ring (bicyclic) bond motifs is 1. The van der Waals surface area contributed by atoms with Crippen LogP contribution in [0.15, 0.2) is 53.3 Å². The molecule has 0 saturated carbocycles. The lowest BCUT2D eigenvalue weighted by Gasteiger charge is -2.30. The molecule has 5 nitrogen and oxygen atoms in total. The monoisotopic (exact) mass is 520 g/mol. The Bertz CT molecular complexity index is 1070. The SMILES string of the molecule is CCc1nc2ccc(I)cc2c(=O)n1CCN(C(=S)Nc1ccccc1)C(C)C. The molecular weight excluding hydrogens is 495 g/mol. The van der Waals surface area contributed by atoms with Crippen molar-refractivity contribution >= 4 is 56.5 Å². The first-order valence-electron chi connectivity index (χ1n) is 9.72. The summed E-state index contributed by atoms with van der Waals surface area (Å²) in [5.41, 5.74) is 1.72. The van der Waals surface area contributed by atoms with Crippen molar-refractivity contribution in [3.05, 3.63) is 68.3 Å². The summed E-state index contributed by atoms with van der Waals surface area (Å²) in [4.78, 5) is 20.0. The van der Waals surface area contributed by atoms with Gasteiger partial charge in [0.15, 0.2) is 5.11 Å². The number of nitrogens with zero attached hydrogens (tertiary/aromatic N) is 3. The van der Waals surface area contributed by atoms with Crippen LogP contribution in [-0.4, -0.2) is 32.2 Å². The third-order valence-electron chi connectivity index (χ3n) is 4.79. The molecule has 2 aromatic carbocycles. The van der Waals surface area contributed by atoms with E-state index in [1.807, 2.05) is 55.5 Å². The second-order valence-corrected chi connectivity index (χ2v) is 8.72. The fourth-order valence-corrected chi connectivity index (χ4v) is 4.17. The van der Waals surface area contributed by atoms with Gasteiger partial charge in [-0.05, 0) is 79.0 Å². The summed E-state index contributed by atoms with van der Waals surface area (Å²) in [5, 5.41) is 4.61. The van der Waals surface area contributed by atoms with Crippen LogP contribution in [0.5, 0.6) is 0 Å². The molecule has 0 atom stereocenters. The Balaban J connectivity index is 1.85. The molecule has 0 amide bonds. The van der Waals surface area contributed by atoms with E-state index in [4.69, 9.17) is 17.2 Å². The van der Waals surface area contributed by atoms with Crippen molar-refractivity contribution in [3.63, 3.8) is 0 Å². The quantitative estimate of drug-likeness (QED) is 0.378. The molecule has 1 N–H and O–H groups in total. The third kappa shape index (κ3) is 5.14. The first kappa shape index (κ1) is 21.7. The first-order valence-corrected chi connectivity index (χ1v) is 11.2. The summed E-state index contributed by atoms with van der Waals surface area (Å²) in [7, 11) is 0. The highest BCUT2D eigenvalue weighted by molar-refractivity contribution is 14.1. The number of halogens is 1. The molecule has 0 aliphatic heterocycles. The Hall–Kier alpha value is -2.00. The van der Waals surface area contributed by atoms with Crippen LogP contribution in [0.25, 0.3) is 10.9 Å². The molecule has 0 aliphatic rings. The molecule has 0 unspecified atom stereocenters. The largest absolute Gasteiger partial charge is 0.345 e. The average Bonchev–Trinajstić information content (AvgIpc) is 2.70. The molecule has 7 heteroatoms. The molecule has 1 aromatic heterocycles. The molecule has 152 valence electrons. The van der Waals surface area contributed by atoms with Gasteiger partial charge < -0.3 is 10.2 Å². The van der Waals surface area contributed by atoms with Gasteiger partial charge in [-0.15, -0.1) is 0 Å². The molecule has 3 rings (SSSR count). The summed E-state index contributed by atoms with van der Waals surface area (Å²) >= 11 is 7.87. The molecule has 1 heterocycles. The Labute approximate surface area is 190 Å². The highest BCUT2D eigenvalue weighted by Gasteiger charge is 2.16. The highest BCUT2D eigenvalue weighted by Crippen LogP contribution is 2.14. The van der Waals surface area contributed by atoms with E-state index >= 15 is 0 Å². The Morgan fingerprint density at radius 1 is 1.24 bits per heavy atom. The van der Waals surface area contributed by atoms with E-state index in [1.165, 1.54) is 0 Å². The minimum absolute atomic E-state index is 0.0102. The van der Waals surface area contributed by atoms with E-state index in [2.05, 4.69) is 46.7 Å². The van der Waals surface area contributed by atoms with Crippen molar-refractivity contribution in [1.29, 1.82) is 0 Å². The van der Waals surface area contributed by atoms with Crippen LogP contribution in [0.1, 0.15) is 26.6 Å². The number of aryl methyl sites for hydroxylation is 1. The van der Waals surface area contributed by atoms with Crippen LogP contribution in [0, 0.1) is 3.57 Å². The lowest BCUT2D eigenvalue weighted by molar-refractivity contribution is 0.334. The fraction of sp³-hybridized carbons (Fsp3) is 0.318. The number of hydrogen-bond acceptors (Lipinski definition) is 3. The van der Waals surface area contributed by atoms with Gasteiger partial charge in [0.05, 0.1) is 10.9 Å². The average molecular weight is 520 g/mol. The minimum atomic E-state index is 0.0102. The summed E-state index contributed by atoms with van der Waals surface area (Å²) in [6.07, 6.45) is 0.700. The number of para-hydroxylation sites is 1. The van der Waals surface area contributed by atoms with Crippen molar-refractivity contribution in [1.82, 2.24) is 14.5 Å². The highest BCUT2D eigenvalue weighted by atomic mass is 127. The molecule has 0 spiro atoms. The van der Waals surface area contributed by atoms with Crippen molar-refractivity contribution in [2.24, 2.45) is 0 Å². The van der Waals surface area contributed by atoms with Gasteiger partial charge in [0.2, 0.25) is 0 Å². The maximum absolute atomic E-state index is 13.2. The lowest BCUT2D eigenvalue weighted by Crippen LogP contribution is -2.43. The summed E-state index contributed by atoms with van der Waals surface area (Å²) in [5.74, 6) is 0.800. The van der Waals surface area contributed by atoms with E-state index in [0.29, 0.717) is 30.0 Å². The van der Waals surface area contributed by atoms with E-state index in [1.54, 1.807) is 4.57 Å². The number of nitrogens with one attached hydrogen (secondary N) is 1. The van der Waals surface area contributed by atoms with Crippen molar-refractivity contribution in [3.8, 4) is 0 Å². The zero-order chi connectivity index (χ0) is 21.0. The Kier molecular flexibility index (Phi) is 7.23. The van der Waals surface area contributed by atoms with Crippen molar-refractivity contribution in [2.75, 3.05) is 11.9 Å². The molecule has 0 bridgehead atoms. The zero-order valence-corrected chi connectivity index (χ0v) is 19.8. The molecule has 3 aromatic rings. The van der Waals surface area contributed by atoms with Crippen LogP contribution in [-0.2, 0) is 13.0 Å². The second-order valence-electron chi connectivity index (χ2n) is 7.08. The number of thiocarbonyl (C=S) groups is 1. The normalized spacial score (nSPS) is 11.1.